The van der Waals surface area contributed by atoms with Crippen LogP contribution in [0.25, 0.3) is 0 Å². The predicted molar refractivity (Wildman–Crippen MR) is 122 cm³/mol. The molecule has 1 fully saturated rings. The summed E-state index contributed by atoms with van der Waals surface area (Å²) in [5.74, 6) is -0.876. The first-order valence-corrected chi connectivity index (χ1v) is 10.9. The minimum absolute atomic E-state index is 0.0449. The molecule has 10 heteroatoms. The predicted octanol–water partition coefficient (Wildman–Crippen LogP) is 2.41. The fourth-order valence-electron chi connectivity index (χ4n) is 3.49. The average Bonchev–Trinajstić information content (AvgIpc) is 2.76. The fraction of sp³-hybridized carbons (Fsp3) is 0.190. The summed E-state index contributed by atoms with van der Waals surface area (Å²) in [6.07, 6.45) is 0. The molecule has 31 heavy (non-hydrogen) atoms. The Kier molecular flexibility index (Phi) is 5.90. The van der Waals surface area contributed by atoms with E-state index < -0.39 is 18.1 Å². The summed E-state index contributed by atoms with van der Waals surface area (Å²) >= 11 is 7.63. The molecule has 0 spiro atoms. The number of para-hydroxylation sites is 2. The number of thioether (sulfide) groups is 1. The third kappa shape index (κ3) is 3.99. The molecule has 0 aliphatic carbocycles. The van der Waals surface area contributed by atoms with E-state index in [0.29, 0.717) is 28.5 Å². The number of amides is 1. The first-order chi connectivity index (χ1) is 14.9. The number of carboxylic acids is 1. The molecule has 2 aromatic carbocycles. The quantitative estimate of drug-likeness (QED) is 0.506. The van der Waals surface area contributed by atoms with Crippen LogP contribution in [-0.2, 0) is 9.59 Å². The number of carbonyl (C=O) groups is 2. The summed E-state index contributed by atoms with van der Waals surface area (Å²) < 4.78 is 0. The van der Waals surface area contributed by atoms with E-state index in [1.807, 2.05) is 18.2 Å². The number of nitrogens with two attached hydrogens (primary N) is 2. The maximum atomic E-state index is 12.9. The van der Waals surface area contributed by atoms with Gasteiger partial charge in [0, 0.05) is 5.75 Å². The number of rotatable bonds is 5. The molecule has 3 atom stereocenters. The molecule has 8 nitrogen and oxygen atoms in total. The molecule has 4 rings (SSSR count). The van der Waals surface area contributed by atoms with Crippen molar-refractivity contribution >= 4 is 52.4 Å². The third-order valence-corrected chi connectivity index (χ3v) is 6.81. The molecule has 3 unspecified atom stereocenters. The fourth-order valence-corrected chi connectivity index (χ4v) is 5.05. The zero-order valence-corrected chi connectivity index (χ0v) is 17.8. The molecule has 2 aliphatic heterocycles. The van der Waals surface area contributed by atoms with Crippen molar-refractivity contribution in [1.29, 1.82) is 0 Å². The van der Waals surface area contributed by atoms with E-state index in [2.05, 4.69) is 10.3 Å². The highest BCUT2D eigenvalue weighted by Gasteiger charge is 2.52. The van der Waals surface area contributed by atoms with Crippen LogP contribution in [0.2, 0.25) is 0 Å². The summed E-state index contributed by atoms with van der Waals surface area (Å²) in [5.41, 5.74) is 13.7. The largest absolute Gasteiger partial charge is 0.477 e. The second-order valence-electron chi connectivity index (χ2n) is 7.03. The zero-order chi connectivity index (χ0) is 22.1. The lowest BCUT2D eigenvalue weighted by molar-refractivity contribution is -0.134. The van der Waals surface area contributed by atoms with Crippen molar-refractivity contribution in [2.75, 3.05) is 11.5 Å². The SMILES string of the molecule is Nc1ccccc1N=C1C(NC(=O)C(N)c2ccccc2)C2SCC(Cl)=C(C(=O)O)N12. The van der Waals surface area contributed by atoms with Crippen molar-refractivity contribution in [3.05, 3.63) is 70.9 Å². The van der Waals surface area contributed by atoms with E-state index in [9.17, 15) is 14.7 Å². The number of aliphatic carboxylic acids is 1. The Bertz CT molecular complexity index is 1090. The number of nitrogens with one attached hydrogen (secondary N) is 1. The number of fused-ring (bicyclic) bond motifs is 1. The van der Waals surface area contributed by atoms with Crippen molar-refractivity contribution in [1.82, 2.24) is 10.2 Å². The lowest BCUT2D eigenvalue weighted by atomic mass is 10.0. The average molecular weight is 458 g/mol. The van der Waals surface area contributed by atoms with Gasteiger partial charge in [-0.3, -0.25) is 4.79 Å². The number of nitrogen functional groups attached to an aromatic ring is 1. The normalized spacial score (nSPS) is 22.5. The van der Waals surface area contributed by atoms with E-state index in [0.717, 1.165) is 0 Å². The number of benzene rings is 2. The number of hydrogen-bond acceptors (Lipinski definition) is 6. The van der Waals surface area contributed by atoms with Crippen LogP contribution in [0, 0.1) is 0 Å². The van der Waals surface area contributed by atoms with Crippen LogP contribution in [0.4, 0.5) is 11.4 Å². The third-order valence-electron chi connectivity index (χ3n) is 5.06. The molecule has 0 bridgehead atoms. The Balaban J connectivity index is 1.67. The van der Waals surface area contributed by atoms with Gasteiger partial charge in [-0.1, -0.05) is 54.1 Å². The van der Waals surface area contributed by atoms with E-state index in [4.69, 9.17) is 23.1 Å². The molecule has 2 heterocycles. The van der Waals surface area contributed by atoms with Gasteiger partial charge in [-0.05, 0) is 17.7 Å². The van der Waals surface area contributed by atoms with Crippen LogP contribution in [0.5, 0.6) is 0 Å². The van der Waals surface area contributed by atoms with E-state index in [1.165, 1.54) is 16.7 Å². The number of carbonyl (C=O) groups excluding carboxylic acids is 1. The summed E-state index contributed by atoms with van der Waals surface area (Å²) in [7, 11) is 0. The van der Waals surface area contributed by atoms with E-state index >= 15 is 0 Å². The topological polar surface area (TPSA) is 134 Å². The van der Waals surface area contributed by atoms with Crippen molar-refractivity contribution in [3.63, 3.8) is 0 Å². The number of halogens is 1. The highest BCUT2D eigenvalue weighted by Crippen LogP contribution is 2.43. The summed E-state index contributed by atoms with van der Waals surface area (Å²) in [5, 5.41) is 12.5. The summed E-state index contributed by atoms with van der Waals surface area (Å²) in [6, 6.07) is 14.5. The Hall–Kier alpha value is -3.01. The minimum atomic E-state index is -1.16. The van der Waals surface area contributed by atoms with Crippen LogP contribution in [0.1, 0.15) is 11.6 Å². The molecule has 0 saturated carbocycles. The smallest absolute Gasteiger partial charge is 0.353 e. The van der Waals surface area contributed by atoms with Crippen molar-refractivity contribution < 1.29 is 14.7 Å². The molecule has 160 valence electrons. The highest BCUT2D eigenvalue weighted by molar-refractivity contribution is 8.00. The van der Waals surface area contributed by atoms with Gasteiger partial charge in [-0.15, -0.1) is 11.8 Å². The number of nitrogens with zero attached hydrogens (tertiary/aromatic N) is 2. The molecular weight excluding hydrogens is 438 g/mol. The maximum Gasteiger partial charge on any atom is 0.353 e. The van der Waals surface area contributed by atoms with Gasteiger partial charge in [0.05, 0.1) is 16.4 Å². The van der Waals surface area contributed by atoms with Gasteiger partial charge in [0.2, 0.25) is 5.91 Å². The Morgan fingerprint density at radius 1 is 1.19 bits per heavy atom. The van der Waals surface area contributed by atoms with Gasteiger partial charge in [0.15, 0.2) is 0 Å². The molecule has 2 aromatic rings. The number of amidine groups is 1. The van der Waals surface area contributed by atoms with E-state index in [1.54, 1.807) is 36.4 Å². The lowest BCUT2D eigenvalue weighted by Gasteiger charge is -2.52. The number of aliphatic imine (C=N–C) groups is 1. The molecule has 1 saturated heterocycles. The molecule has 2 aliphatic rings. The molecule has 6 N–H and O–H groups in total. The van der Waals surface area contributed by atoms with Gasteiger partial charge < -0.3 is 26.8 Å². The molecule has 1 amide bonds. The molecule has 0 aromatic heterocycles. The van der Waals surface area contributed by atoms with Gasteiger partial charge in [-0.25, -0.2) is 9.79 Å². The number of carboxylic acid groups (broad SMARTS) is 1. The second kappa shape index (κ2) is 8.62. The Morgan fingerprint density at radius 3 is 2.55 bits per heavy atom. The van der Waals surface area contributed by atoms with Gasteiger partial charge >= 0.3 is 5.97 Å². The maximum absolute atomic E-state index is 12.9. The van der Waals surface area contributed by atoms with Crippen LogP contribution in [0.15, 0.2) is 70.3 Å². The minimum Gasteiger partial charge on any atom is -0.477 e. The summed E-state index contributed by atoms with van der Waals surface area (Å²) in [6.45, 7) is 0. The van der Waals surface area contributed by atoms with Crippen LogP contribution in [0.3, 0.4) is 0 Å². The van der Waals surface area contributed by atoms with Crippen molar-refractivity contribution in [2.45, 2.75) is 17.5 Å². The van der Waals surface area contributed by atoms with E-state index in [-0.39, 0.29) is 22.0 Å². The van der Waals surface area contributed by atoms with Gasteiger partial charge in [0.1, 0.15) is 29.0 Å². The van der Waals surface area contributed by atoms with Crippen LogP contribution in [-0.4, -0.2) is 44.9 Å². The number of anilines is 1. The first kappa shape index (κ1) is 21.2. The Morgan fingerprint density at radius 2 is 1.87 bits per heavy atom. The summed E-state index contributed by atoms with van der Waals surface area (Å²) in [4.78, 5) is 30.8. The van der Waals surface area contributed by atoms with Crippen LogP contribution < -0.4 is 16.8 Å². The number of hydrogen-bond donors (Lipinski definition) is 4. The lowest BCUT2D eigenvalue weighted by Crippen LogP contribution is -2.71. The standard InChI is InChI=1S/C21H20ClN5O3S/c22-12-10-31-20-16(26-19(28)15(24)11-6-2-1-3-7-11)18(27(20)17(12)21(29)30)25-14-9-5-4-8-13(14)23/h1-9,15-16,20H,10,23-24H2,(H,26,28)(H,29,30). The molecule has 0 radical (unpaired) electrons. The van der Waals surface area contributed by atoms with Crippen molar-refractivity contribution in [2.24, 2.45) is 10.7 Å². The molecular formula is C21H20ClN5O3S. The van der Waals surface area contributed by atoms with Crippen molar-refractivity contribution in [3.8, 4) is 0 Å². The van der Waals surface area contributed by atoms with Gasteiger partial charge in [0.25, 0.3) is 0 Å². The zero-order valence-electron chi connectivity index (χ0n) is 16.2. The monoisotopic (exact) mass is 457 g/mol. The highest BCUT2D eigenvalue weighted by atomic mass is 35.5. The Labute approximate surface area is 188 Å². The second-order valence-corrected chi connectivity index (χ2v) is 8.59. The first-order valence-electron chi connectivity index (χ1n) is 9.45. The van der Waals surface area contributed by atoms with Gasteiger partial charge in [-0.2, -0.15) is 0 Å². The van der Waals surface area contributed by atoms with Crippen LogP contribution >= 0.6 is 23.4 Å².